The van der Waals surface area contributed by atoms with Crippen LogP contribution in [0.3, 0.4) is 0 Å². The molecule has 0 atom stereocenters. The second-order valence-electron chi connectivity index (χ2n) is 4.60. The molecule has 4 nitrogen and oxygen atoms in total. The van der Waals surface area contributed by atoms with Crippen LogP contribution in [0.15, 0.2) is 0 Å². The minimum atomic E-state index is -0.525. The lowest BCUT2D eigenvalue weighted by Crippen LogP contribution is -2.49. The largest absolute Gasteiger partial charge is 0.316 e. The minimum absolute atomic E-state index is 0.235. The van der Waals surface area contributed by atoms with Crippen LogP contribution in [0.1, 0.15) is 58.3 Å². The van der Waals surface area contributed by atoms with Crippen molar-refractivity contribution in [2.45, 2.75) is 70.1 Å². The molecule has 0 aliphatic rings. The van der Waals surface area contributed by atoms with Crippen molar-refractivity contribution in [3.8, 4) is 0 Å². The van der Waals surface area contributed by atoms with E-state index in [1.807, 2.05) is 0 Å². The number of rotatable bonds is 9. The Morgan fingerprint density at radius 1 is 0.933 bits per heavy atom. The molecule has 0 saturated carbocycles. The second-order valence-corrected chi connectivity index (χ2v) is 4.60. The molecule has 0 bridgehead atoms. The number of nitrogens with two attached hydrogens (primary N) is 4. The van der Waals surface area contributed by atoms with Gasteiger partial charge in [0.1, 0.15) is 0 Å². The Morgan fingerprint density at radius 2 is 1.53 bits per heavy atom. The van der Waals surface area contributed by atoms with Crippen LogP contribution in [0.4, 0.5) is 0 Å². The molecule has 0 saturated heterocycles. The van der Waals surface area contributed by atoms with Crippen molar-refractivity contribution in [2.75, 3.05) is 0 Å². The highest BCUT2D eigenvalue weighted by atomic mass is 14.9. The third-order valence-corrected chi connectivity index (χ3v) is 2.68. The molecule has 0 radical (unpaired) electrons. The Balaban J connectivity index is 3.48. The summed E-state index contributed by atoms with van der Waals surface area (Å²) in [5.41, 5.74) is 22.4. The van der Waals surface area contributed by atoms with Crippen molar-refractivity contribution in [2.24, 2.45) is 22.9 Å². The summed E-state index contributed by atoms with van der Waals surface area (Å²) in [5.74, 6) is 0. The molecule has 0 rings (SSSR count). The van der Waals surface area contributed by atoms with Crippen LogP contribution in [-0.4, -0.2) is 11.8 Å². The highest BCUT2D eigenvalue weighted by Gasteiger charge is 2.17. The maximum absolute atomic E-state index is 5.98. The fourth-order valence-corrected chi connectivity index (χ4v) is 1.67. The van der Waals surface area contributed by atoms with Gasteiger partial charge in [-0.05, 0) is 25.7 Å². The van der Waals surface area contributed by atoms with Gasteiger partial charge in [-0.15, -0.1) is 0 Å². The second kappa shape index (κ2) is 8.05. The van der Waals surface area contributed by atoms with E-state index in [4.69, 9.17) is 22.9 Å². The van der Waals surface area contributed by atoms with E-state index in [2.05, 4.69) is 6.92 Å². The molecule has 0 aromatic carbocycles. The third kappa shape index (κ3) is 10.1. The predicted molar refractivity (Wildman–Crippen MR) is 65.9 cm³/mol. The maximum Gasteiger partial charge on any atom is 0.0636 e. The van der Waals surface area contributed by atoms with Crippen LogP contribution in [-0.2, 0) is 0 Å². The summed E-state index contributed by atoms with van der Waals surface area (Å²) in [7, 11) is 0. The SMILES string of the molecule is CCCCCCC(N)(N)CCCC(N)N. The highest BCUT2D eigenvalue weighted by molar-refractivity contribution is 4.76. The molecule has 4 heteroatoms. The molecule has 0 amide bonds. The van der Waals surface area contributed by atoms with E-state index in [-0.39, 0.29) is 6.17 Å². The first-order valence-electron chi connectivity index (χ1n) is 6.07. The summed E-state index contributed by atoms with van der Waals surface area (Å²) in [4.78, 5) is 0. The zero-order valence-electron chi connectivity index (χ0n) is 10.0. The quantitative estimate of drug-likeness (QED) is 0.341. The average Bonchev–Trinajstić information content (AvgIpc) is 2.11. The van der Waals surface area contributed by atoms with E-state index >= 15 is 0 Å². The molecule has 0 unspecified atom stereocenters. The van der Waals surface area contributed by atoms with Crippen LogP contribution in [0.2, 0.25) is 0 Å². The molecule has 15 heavy (non-hydrogen) atoms. The lowest BCUT2D eigenvalue weighted by Gasteiger charge is -2.24. The van der Waals surface area contributed by atoms with Crippen LogP contribution < -0.4 is 22.9 Å². The van der Waals surface area contributed by atoms with Gasteiger partial charge in [0.25, 0.3) is 0 Å². The minimum Gasteiger partial charge on any atom is -0.316 e. The molecule has 0 aromatic rings. The van der Waals surface area contributed by atoms with E-state index in [0.717, 1.165) is 32.1 Å². The average molecular weight is 216 g/mol. The first kappa shape index (κ1) is 14.8. The van der Waals surface area contributed by atoms with Crippen molar-refractivity contribution >= 4 is 0 Å². The molecule has 0 spiro atoms. The normalized spacial score (nSPS) is 12.4. The van der Waals surface area contributed by atoms with Crippen LogP contribution in [0.5, 0.6) is 0 Å². The third-order valence-electron chi connectivity index (χ3n) is 2.68. The van der Waals surface area contributed by atoms with Crippen molar-refractivity contribution in [3.63, 3.8) is 0 Å². The van der Waals surface area contributed by atoms with E-state index < -0.39 is 5.66 Å². The Kier molecular flexibility index (Phi) is 7.96. The lowest BCUT2D eigenvalue weighted by molar-refractivity contribution is 0.344. The van der Waals surface area contributed by atoms with Gasteiger partial charge in [0.05, 0.1) is 11.8 Å². The monoisotopic (exact) mass is 216 g/mol. The summed E-state index contributed by atoms with van der Waals surface area (Å²) in [6.07, 6.45) is 8.04. The van der Waals surface area contributed by atoms with Crippen LogP contribution >= 0.6 is 0 Å². The smallest absolute Gasteiger partial charge is 0.0636 e. The van der Waals surface area contributed by atoms with Gasteiger partial charge in [-0.1, -0.05) is 32.6 Å². The van der Waals surface area contributed by atoms with Gasteiger partial charge in [-0.2, -0.15) is 0 Å². The van der Waals surface area contributed by atoms with Gasteiger partial charge in [0.2, 0.25) is 0 Å². The topological polar surface area (TPSA) is 104 Å². The Morgan fingerprint density at radius 3 is 2.07 bits per heavy atom. The van der Waals surface area contributed by atoms with Crippen molar-refractivity contribution in [3.05, 3.63) is 0 Å². The molecule has 0 heterocycles. The molecule has 0 aliphatic heterocycles. The van der Waals surface area contributed by atoms with Crippen molar-refractivity contribution in [1.29, 1.82) is 0 Å². The van der Waals surface area contributed by atoms with E-state index in [1.165, 1.54) is 19.3 Å². The van der Waals surface area contributed by atoms with Crippen molar-refractivity contribution < 1.29 is 0 Å². The van der Waals surface area contributed by atoms with Gasteiger partial charge in [0, 0.05) is 0 Å². The first-order valence-corrected chi connectivity index (χ1v) is 6.07. The van der Waals surface area contributed by atoms with E-state index in [0.29, 0.717) is 0 Å². The summed E-state index contributed by atoms with van der Waals surface area (Å²) in [5, 5.41) is 0. The molecule has 92 valence electrons. The van der Waals surface area contributed by atoms with Gasteiger partial charge < -0.3 is 22.9 Å². The standard InChI is InChI=1S/C11H28N4/c1-2-3-4-5-8-11(14,15)9-6-7-10(12)13/h10H,2-9,12-15H2,1H3. The van der Waals surface area contributed by atoms with E-state index in [9.17, 15) is 0 Å². The van der Waals surface area contributed by atoms with Crippen LogP contribution in [0, 0.1) is 0 Å². The predicted octanol–water partition coefficient (Wildman–Crippen LogP) is 0.984. The maximum atomic E-state index is 5.98. The number of hydrogen-bond acceptors (Lipinski definition) is 4. The molecule has 0 aromatic heterocycles. The molecule has 0 fully saturated rings. The summed E-state index contributed by atoms with van der Waals surface area (Å²) >= 11 is 0. The summed E-state index contributed by atoms with van der Waals surface area (Å²) in [6.45, 7) is 2.20. The van der Waals surface area contributed by atoms with Gasteiger partial charge in [-0.3, -0.25) is 0 Å². The van der Waals surface area contributed by atoms with Gasteiger partial charge in [-0.25, -0.2) is 0 Å². The van der Waals surface area contributed by atoms with Gasteiger partial charge >= 0.3 is 0 Å². The lowest BCUT2D eigenvalue weighted by atomic mass is 9.96. The molecule has 8 N–H and O–H groups in total. The molecular weight excluding hydrogens is 188 g/mol. The highest BCUT2D eigenvalue weighted by Crippen LogP contribution is 2.14. The van der Waals surface area contributed by atoms with E-state index in [1.54, 1.807) is 0 Å². The van der Waals surface area contributed by atoms with Crippen molar-refractivity contribution in [1.82, 2.24) is 0 Å². The zero-order valence-corrected chi connectivity index (χ0v) is 10.0. The Hall–Kier alpha value is -0.160. The number of unbranched alkanes of at least 4 members (excludes halogenated alkanes) is 3. The fourth-order valence-electron chi connectivity index (χ4n) is 1.67. The van der Waals surface area contributed by atoms with Crippen LogP contribution in [0.25, 0.3) is 0 Å². The Bertz CT molecular complexity index is 146. The zero-order chi connectivity index (χ0) is 11.7. The van der Waals surface area contributed by atoms with Gasteiger partial charge in [0.15, 0.2) is 0 Å². The first-order chi connectivity index (χ1) is 6.98. The number of hydrogen-bond donors (Lipinski definition) is 4. The summed E-state index contributed by atoms with van der Waals surface area (Å²) < 4.78 is 0. The fraction of sp³-hybridized carbons (Fsp3) is 1.00. The molecule has 0 aliphatic carbocycles. The molecular formula is C11H28N4. The summed E-state index contributed by atoms with van der Waals surface area (Å²) in [6, 6.07) is 0. The Labute approximate surface area is 93.7 Å².